The zero-order valence-corrected chi connectivity index (χ0v) is 10.4. The van der Waals surface area contributed by atoms with E-state index in [1.165, 1.54) is 10.6 Å². The van der Waals surface area contributed by atoms with Gasteiger partial charge in [-0.1, -0.05) is 0 Å². The van der Waals surface area contributed by atoms with E-state index >= 15 is 0 Å². The highest BCUT2D eigenvalue weighted by Gasteiger charge is 2.38. The van der Waals surface area contributed by atoms with Crippen molar-refractivity contribution in [2.24, 2.45) is 18.9 Å². The summed E-state index contributed by atoms with van der Waals surface area (Å²) in [5.74, 6) is 1.16. The highest BCUT2D eigenvalue weighted by molar-refractivity contribution is 5.94. The Bertz CT molecular complexity index is 525. The minimum Gasteiger partial charge on any atom is -0.338 e. The predicted octanol–water partition coefficient (Wildman–Crippen LogP) is -0.323. The number of aryl methyl sites for hydroxylation is 1. The SMILES string of the molecule is Cn1ccc(C(=O)N2CC3CNCC3C2)cc1=O. The first-order valence-corrected chi connectivity index (χ1v) is 6.32. The van der Waals surface area contributed by atoms with Crippen molar-refractivity contribution in [3.8, 4) is 0 Å². The van der Waals surface area contributed by atoms with Crippen LogP contribution in [0.5, 0.6) is 0 Å². The van der Waals surface area contributed by atoms with Crippen molar-refractivity contribution in [2.45, 2.75) is 0 Å². The molecule has 1 N–H and O–H groups in total. The van der Waals surface area contributed by atoms with Gasteiger partial charge in [0.2, 0.25) is 0 Å². The largest absolute Gasteiger partial charge is 0.338 e. The summed E-state index contributed by atoms with van der Waals surface area (Å²) in [7, 11) is 1.68. The molecule has 2 unspecified atom stereocenters. The van der Waals surface area contributed by atoms with Gasteiger partial charge in [0.05, 0.1) is 0 Å². The molecule has 1 aromatic rings. The first kappa shape index (κ1) is 11.5. The minimum atomic E-state index is -0.137. The Kier molecular flexibility index (Phi) is 2.70. The number of nitrogens with one attached hydrogen (secondary N) is 1. The van der Waals surface area contributed by atoms with Crippen LogP contribution in [-0.4, -0.2) is 41.6 Å². The third-order valence-electron chi connectivity index (χ3n) is 4.03. The number of hydrogen-bond donors (Lipinski definition) is 1. The highest BCUT2D eigenvalue weighted by atomic mass is 16.2. The first-order chi connectivity index (χ1) is 8.65. The number of aromatic nitrogens is 1. The summed E-state index contributed by atoms with van der Waals surface area (Å²) in [4.78, 5) is 25.7. The van der Waals surface area contributed by atoms with Crippen molar-refractivity contribution in [1.82, 2.24) is 14.8 Å². The molecule has 3 heterocycles. The van der Waals surface area contributed by atoms with Gasteiger partial charge >= 0.3 is 0 Å². The topological polar surface area (TPSA) is 54.3 Å². The van der Waals surface area contributed by atoms with Crippen molar-refractivity contribution < 1.29 is 4.79 Å². The Morgan fingerprint density at radius 2 is 2.00 bits per heavy atom. The number of carbonyl (C=O) groups is 1. The standard InChI is InChI=1S/C13H17N3O2/c1-15-3-2-9(4-12(15)17)13(18)16-7-10-5-14-6-11(10)8-16/h2-4,10-11,14H,5-8H2,1H3. The van der Waals surface area contributed by atoms with Crippen LogP contribution < -0.4 is 10.9 Å². The van der Waals surface area contributed by atoms with Crippen molar-refractivity contribution in [3.63, 3.8) is 0 Å². The average molecular weight is 247 g/mol. The number of carbonyl (C=O) groups excluding carboxylic acids is 1. The van der Waals surface area contributed by atoms with Gasteiger partial charge in [0.25, 0.3) is 11.5 Å². The molecule has 2 aliphatic rings. The Morgan fingerprint density at radius 3 is 2.61 bits per heavy atom. The molecule has 0 saturated carbocycles. The van der Waals surface area contributed by atoms with Gasteiger partial charge in [0, 0.05) is 51.1 Å². The lowest BCUT2D eigenvalue weighted by molar-refractivity contribution is 0.0781. The monoisotopic (exact) mass is 247 g/mol. The number of rotatable bonds is 1. The smallest absolute Gasteiger partial charge is 0.254 e. The van der Waals surface area contributed by atoms with Crippen LogP contribution in [0.1, 0.15) is 10.4 Å². The van der Waals surface area contributed by atoms with Crippen molar-refractivity contribution in [1.29, 1.82) is 0 Å². The normalized spacial score (nSPS) is 26.4. The molecule has 5 nitrogen and oxygen atoms in total. The molecule has 2 aliphatic heterocycles. The second-order valence-electron chi connectivity index (χ2n) is 5.25. The van der Waals surface area contributed by atoms with Gasteiger partial charge in [-0.2, -0.15) is 0 Å². The van der Waals surface area contributed by atoms with Crippen molar-refractivity contribution >= 4 is 5.91 Å². The Hall–Kier alpha value is -1.62. The predicted molar refractivity (Wildman–Crippen MR) is 67.4 cm³/mol. The lowest BCUT2D eigenvalue weighted by Gasteiger charge is -2.17. The molecule has 0 aliphatic carbocycles. The van der Waals surface area contributed by atoms with E-state index in [1.54, 1.807) is 19.3 Å². The second-order valence-corrected chi connectivity index (χ2v) is 5.25. The van der Waals surface area contributed by atoms with Gasteiger partial charge in [-0.05, 0) is 17.9 Å². The molecule has 0 bridgehead atoms. The molecule has 0 aromatic carbocycles. The van der Waals surface area contributed by atoms with Gasteiger partial charge in [-0.15, -0.1) is 0 Å². The molecule has 18 heavy (non-hydrogen) atoms. The van der Waals surface area contributed by atoms with Gasteiger partial charge in [0.1, 0.15) is 0 Å². The Balaban J connectivity index is 1.79. The van der Waals surface area contributed by atoms with Crippen LogP contribution in [0.4, 0.5) is 0 Å². The molecule has 96 valence electrons. The lowest BCUT2D eigenvalue weighted by Crippen LogP contribution is -2.32. The summed E-state index contributed by atoms with van der Waals surface area (Å²) in [6, 6.07) is 3.14. The first-order valence-electron chi connectivity index (χ1n) is 6.32. The highest BCUT2D eigenvalue weighted by Crippen LogP contribution is 2.27. The fourth-order valence-electron chi connectivity index (χ4n) is 2.89. The number of nitrogens with zero attached hydrogens (tertiary/aromatic N) is 2. The van der Waals surface area contributed by atoms with E-state index < -0.39 is 0 Å². The number of likely N-dealkylation sites (tertiary alicyclic amines) is 1. The van der Waals surface area contributed by atoms with E-state index in [0.29, 0.717) is 17.4 Å². The maximum atomic E-state index is 12.3. The molecule has 2 fully saturated rings. The van der Waals surface area contributed by atoms with Crippen molar-refractivity contribution in [2.75, 3.05) is 26.2 Å². The van der Waals surface area contributed by atoms with E-state index in [1.807, 2.05) is 4.90 Å². The molecule has 5 heteroatoms. The Morgan fingerprint density at radius 1 is 1.33 bits per heavy atom. The zero-order valence-electron chi connectivity index (χ0n) is 10.4. The molecule has 0 radical (unpaired) electrons. The average Bonchev–Trinajstić information content (AvgIpc) is 2.92. The molecular formula is C13H17N3O2. The molecule has 3 rings (SSSR count). The summed E-state index contributed by atoms with van der Waals surface area (Å²) in [5, 5.41) is 3.35. The maximum Gasteiger partial charge on any atom is 0.254 e. The molecule has 0 spiro atoms. The van der Waals surface area contributed by atoms with Crippen LogP contribution in [-0.2, 0) is 7.05 Å². The number of amides is 1. The molecule has 1 aromatic heterocycles. The lowest BCUT2D eigenvalue weighted by atomic mass is 10.0. The molecule has 1 amide bonds. The van der Waals surface area contributed by atoms with Crippen LogP contribution in [0.3, 0.4) is 0 Å². The minimum absolute atomic E-state index is 0.0119. The van der Waals surface area contributed by atoms with Crippen LogP contribution in [0.2, 0.25) is 0 Å². The van der Waals surface area contributed by atoms with Crippen LogP contribution in [0.15, 0.2) is 23.1 Å². The van der Waals surface area contributed by atoms with E-state index in [2.05, 4.69) is 5.32 Å². The summed E-state index contributed by atoms with van der Waals surface area (Å²) >= 11 is 0. The van der Waals surface area contributed by atoms with Crippen LogP contribution in [0.25, 0.3) is 0 Å². The van der Waals surface area contributed by atoms with Gasteiger partial charge in [0.15, 0.2) is 0 Å². The van der Waals surface area contributed by atoms with Gasteiger partial charge in [-0.25, -0.2) is 0 Å². The van der Waals surface area contributed by atoms with E-state index in [-0.39, 0.29) is 11.5 Å². The molecular weight excluding hydrogens is 230 g/mol. The van der Waals surface area contributed by atoms with Gasteiger partial charge < -0.3 is 14.8 Å². The summed E-state index contributed by atoms with van der Waals surface area (Å²) in [6.45, 7) is 3.63. The number of fused-ring (bicyclic) bond motifs is 1. The van der Waals surface area contributed by atoms with E-state index in [4.69, 9.17) is 0 Å². The van der Waals surface area contributed by atoms with Crippen LogP contribution in [0, 0.1) is 11.8 Å². The Labute approximate surface area is 105 Å². The summed E-state index contributed by atoms with van der Waals surface area (Å²) in [5.41, 5.74) is 0.368. The zero-order chi connectivity index (χ0) is 12.7. The molecule has 2 saturated heterocycles. The molecule has 2 atom stereocenters. The summed E-state index contributed by atoms with van der Waals surface area (Å²) < 4.78 is 1.47. The van der Waals surface area contributed by atoms with Crippen molar-refractivity contribution in [3.05, 3.63) is 34.2 Å². The number of hydrogen-bond acceptors (Lipinski definition) is 3. The third-order valence-corrected chi connectivity index (χ3v) is 4.03. The summed E-state index contributed by atoms with van der Waals surface area (Å²) in [6.07, 6.45) is 1.65. The third kappa shape index (κ3) is 1.84. The van der Waals surface area contributed by atoms with Crippen LogP contribution >= 0.6 is 0 Å². The van der Waals surface area contributed by atoms with E-state index in [0.717, 1.165) is 26.2 Å². The van der Waals surface area contributed by atoms with E-state index in [9.17, 15) is 9.59 Å². The van der Waals surface area contributed by atoms with Gasteiger partial charge in [-0.3, -0.25) is 9.59 Å². The fraction of sp³-hybridized carbons (Fsp3) is 0.538. The fourth-order valence-corrected chi connectivity index (χ4v) is 2.89. The maximum absolute atomic E-state index is 12.3. The quantitative estimate of drug-likeness (QED) is 0.740. The number of pyridine rings is 1. The second kappa shape index (κ2) is 4.24.